The zero-order chi connectivity index (χ0) is 15.2. The monoisotopic (exact) mass is 288 g/mol. The minimum Gasteiger partial charge on any atom is -0.483 e. The Hall–Kier alpha value is -2.34. The third-order valence-corrected chi connectivity index (χ3v) is 3.15. The van der Waals surface area contributed by atoms with Gasteiger partial charge in [-0.05, 0) is 6.07 Å². The molecule has 0 saturated heterocycles. The third kappa shape index (κ3) is 4.06. The summed E-state index contributed by atoms with van der Waals surface area (Å²) in [5.41, 5.74) is 7.51. The van der Waals surface area contributed by atoms with Gasteiger partial charge in [0.2, 0.25) is 0 Å². The molecule has 0 fully saturated rings. The van der Waals surface area contributed by atoms with E-state index in [2.05, 4.69) is 5.10 Å². The van der Waals surface area contributed by atoms with E-state index in [0.717, 1.165) is 11.1 Å². The molecular formula is C15H20N4O2. The Morgan fingerprint density at radius 2 is 2.19 bits per heavy atom. The number of benzene rings is 1. The summed E-state index contributed by atoms with van der Waals surface area (Å²) in [4.78, 5) is 13.7. The maximum absolute atomic E-state index is 12.1. The molecule has 2 aromatic rings. The number of rotatable bonds is 6. The number of likely N-dealkylation sites (N-methyl/N-ethyl adjacent to an activating group) is 1. The third-order valence-electron chi connectivity index (χ3n) is 3.15. The van der Waals surface area contributed by atoms with E-state index in [1.807, 2.05) is 37.5 Å². The van der Waals surface area contributed by atoms with Gasteiger partial charge in [0.1, 0.15) is 5.75 Å². The molecular weight excluding hydrogens is 268 g/mol. The van der Waals surface area contributed by atoms with Gasteiger partial charge in [-0.25, -0.2) is 0 Å². The molecule has 0 aliphatic rings. The van der Waals surface area contributed by atoms with Gasteiger partial charge in [0.05, 0.1) is 6.20 Å². The number of nitrogens with zero attached hydrogens (tertiary/aromatic N) is 3. The first-order chi connectivity index (χ1) is 10.1. The minimum absolute atomic E-state index is 0.00618. The molecule has 0 saturated carbocycles. The molecule has 1 heterocycles. The number of hydrogen-bond donors (Lipinski definition) is 1. The molecule has 0 atom stereocenters. The zero-order valence-corrected chi connectivity index (χ0v) is 12.3. The highest BCUT2D eigenvalue weighted by atomic mass is 16.5. The lowest BCUT2D eigenvalue weighted by molar-refractivity contribution is -0.132. The molecule has 1 aromatic carbocycles. The predicted octanol–water partition coefficient (Wildman–Crippen LogP) is 0.916. The summed E-state index contributed by atoms with van der Waals surface area (Å²) in [5.74, 6) is 0.564. The van der Waals surface area contributed by atoms with Crippen LogP contribution in [0, 0.1) is 0 Å². The van der Waals surface area contributed by atoms with Gasteiger partial charge < -0.3 is 15.4 Å². The van der Waals surface area contributed by atoms with Crippen molar-refractivity contribution in [1.82, 2.24) is 14.7 Å². The standard InChI is InChI=1S/C15H20N4O2/c1-18(9-12-8-17-19(2)10-12)15(20)11-21-14-6-4-3-5-13(14)7-16/h3-6,8,10H,7,9,11,16H2,1-2H3. The minimum atomic E-state index is -0.0920. The first kappa shape index (κ1) is 15.1. The number of aryl methyl sites for hydroxylation is 1. The van der Waals surface area contributed by atoms with Crippen LogP contribution >= 0.6 is 0 Å². The Bertz CT molecular complexity index is 609. The summed E-state index contributed by atoms with van der Waals surface area (Å²) in [6, 6.07) is 7.46. The Labute approximate surface area is 124 Å². The first-order valence-corrected chi connectivity index (χ1v) is 6.72. The van der Waals surface area contributed by atoms with E-state index in [1.165, 1.54) is 0 Å². The van der Waals surface area contributed by atoms with Crippen molar-refractivity contribution >= 4 is 5.91 Å². The molecule has 0 unspecified atom stereocenters. The van der Waals surface area contributed by atoms with Crippen LogP contribution in [0.1, 0.15) is 11.1 Å². The van der Waals surface area contributed by atoms with E-state index in [-0.39, 0.29) is 12.5 Å². The Balaban J connectivity index is 1.89. The average molecular weight is 288 g/mol. The number of amides is 1. The highest BCUT2D eigenvalue weighted by molar-refractivity contribution is 5.77. The second kappa shape index (κ2) is 6.90. The number of para-hydroxylation sites is 1. The molecule has 6 heteroatoms. The normalized spacial score (nSPS) is 10.4. The van der Waals surface area contributed by atoms with E-state index in [9.17, 15) is 4.79 Å². The quantitative estimate of drug-likeness (QED) is 0.857. The van der Waals surface area contributed by atoms with Gasteiger partial charge in [-0.1, -0.05) is 18.2 Å². The van der Waals surface area contributed by atoms with E-state index in [0.29, 0.717) is 18.8 Å². The van der Waals surface area contributed by atoms with Crippen molar-refractivity contribution in [2.75, 3.05) is 13.7 Å². The van der Waals surface area contributed by atoms with Gasteiger partial charge in [-0.15, -0.1) is 0 Å². The molecule has 0 aliphatic carbocycles. The number of aromatic nitrogens is 2. The smallest absolute Gasteiger partial charge is 0.260 e. The Morgan fingerprint density at radius 1 is 1.43 bits per heavy atom. The zero-order valence-electron chi connectivity index (χ0n) is 12.3. The molecule has 1 aromatic heterocycles. The predicted molar refractivity (Wildman–Crippen MR) is 79.5 cm³/mol. The van der Waals surface area contributed by atoms with Crippen LogP contribution < -0.4 is 10.5 Å². The molecule has 2 N–H and O–H groups in total. The first-order valence-electron chi connectivity index (χ1n) is 6.72. The second-order valence-electron chi connectivity index (χ2n) is 4.87. The van der Waals surface area contributed by atoms with Crippen LogP contribution in [0.25, 0.3) is 0 Å². The number of hydrogen-bond acceptors (Lipinski definition) is 4. The molecule has 6 nitrogen and oxygen atoms in total. The molecule has 112 valence electrons. The number of carbonyl (C=O) groups is 1. The number of nitrogens with two attached hydrogens (primary N) is 1. The van der Waals surface area contributed by atoms with Gasteiger partial charge >= 0.3 is 0 Å². The molecule has 0 bridgehead atoms. The van der Waals surface area contributed by atoms with Crippen LogP contribution in [-0.4, -0.2) is 34.2 Å². The number of carbonyl (C=O) groups excluding carboxylic acids is 1. The summed E-state index contributed by atoms with van der Waals surface area (Å²) in [6.45, 7) is 0.887. The fourth-order valence-corrected chi connectivity index (χ4v) is 1.98. The maximum atomic E-state index is 12.1. The highest BCUT2D eigenvalue weighted by Crippen LogP contribution is 2.17. The van der Waals surface area contributed by atoms with Gasteiger partial charge in [-0.2, -0.15) is 5.10 Å². The fraction of sp³-hybridized carbons (Fsp3) is 0.333. The fourth-order valence-electron chi connectivity index (χ4n) is 1.98. The topological polar surface area (TPSA) is 73.4 Å². The van der Waals surface area contributed by atoms with Crippen LogP contribution in [-0.2, 0) is 24.9 Å². The van der Waals surface area contributed by atoms with E-state index in [4.69, 9.17) is 10.5 Å². The lowest BCUT2D eigenvalue weighted by Crippen LogP contribution is -2.31. The van der Waals surface area contributed by atoms with E-state index >= 15 is 0 Å². The van der Waals surface area contributed by atoms with Crippen molar-refractivity contribution in [3.63, 3.8) is 0 Å². The van der Waals surface area contributed by atoms with Crippen LogP contribution in [0.3, 0.4) is 0 Å². The van der Waals surface area contributed by atoms with Crippen LogP contribution in [0.2, 0.25) is 0 Å². The second-order valence-corrected chi connectivity index (χ2v) is 4.87. The van der Waals surface area contributed by atoms with Crippen molar-refractivity contribution < 1.29 is 9.53 Å². The molecule has 21 heavy (non-hydrogen) atoms. The summed E-state index contributed by atoms with van der Waals surface area (Å²) in [7, 11) is 3.59. The summed E-state index contributed by atoms with van der Waals surface area (Å²) in [5, 5.41) is 4.08. The molecule has 0 spiro atoms. The number of ether oxygens (including phenoxy) is 1. The van der Waals surface area contributed by atoms with Crippen LogP contribution in [0.15, 0.2) is 36.7 Å². The highest BCUT2D eigenvalue weighted by Gasteiger charge is 2.12. The maximum Gasteiger partial charge on any atom is 0.260 e. The summed E-state index contributed by atoms with van der Waals surface area (Å²) < 4.78 is 7.27. The van der Waals surface area contributed by atoms with Crippen molar-refractivity contribution in [2.45, 2.75) is 13.1 Å². The molecule has 0 aliphatic heterocycles. The lowest BCUT2D eigenvalue weighted by atomic mass is 10.2. The summed E-state index contributed by atoms with van der Waals surface area (Å²) >= 11 is 0. The SMILES string of the molecule is CN(Cc1cnn(C)c1)C(=O)COc1ccccc1CN. The molecule has 1 amide bonds. The van der Waals surface area contributed by atoms with Gasteiger partial charge in [0, 0.05) is 44.5 Å². The van der Waals surface area contributed by atoms with Gasteiger partial charge in [-0.3, -0.25) is 9.48 Å². The van der Waals surface area contributed by atoms with Crippen molar-refractivity contribution in [3.05, 3.63) is 47.8 Å². The van der Waals surface area contributed by atoms with Crippen molar-refractivity contribution in [3.8, 4) is 5.75 Å². The Morgan fingerprint density at radius 3 is 2.86 bits per heavy atom. The van der Waals surface area contributed by atoms with Gasteiger partial charge in [0.15, 0.2) is 6.61 Å². The van der Waals surface area contributed by atoms with Crippen LogP contribution in [0.4, 0.5) is 0 Å². The summed E-state index contributed by atoms with van der Waals surface area (Å²) in [6.07, 6.45) is 3.63. The molecule has 2 rings (SSSR count). The molecule has 0 radical (unpaired) electrons. The largest absolute Gasteiger partial charge is 0.483 e. The average Bonchev–Trinajstić information content (AvgIpc) is 2.90. The van der Waals surface area contributed by atoms with Gasteiger partial charge in [0.25, 0.3) is 5.91 Å². The van der Waals surface area contributed by atoms with E-state index in [1.54, 1.807) is 22.8 Å². The lowest BCUT2D eigenvalue weighted by Gasteiger charge is -2.17. The van der Waals surface area contributed by atoms with E-state index < -0.39 is 0 Å². The Kier molecular flexibility index (Phi) is 4.94. The van der Waals surface area contributed by atoms with Crippen LogP contribution in [0.5, 0.6) is 5.75 Å². The van der Waals surface area contributed by atoms with Crippen molar-refractivity contribution in [2.24, 2.45) is 12.8 Å². The van der Waals surface area contributed by atoms with Crippen molar-refractivity contribution in [1.29, 1.82) is 0 Å².